The van der Waals surface area contributed by atoms with Crippen LogP contribution >= 0.6 is 0 Å². The summed E-state index contributed by atoms with van der Waals surface area (Å²) in [5.41, 5.74) is 0.163. The summed E-state index contributed by atoms with van der Waals surface area (Å²) in [6, 6.07) is 3.97. The average molecular weight is 389 g/mol. The second-order valence-electron chi connectivity index (χ2n) is 7.64. The van der Waals surface area contributed by atoms with E-state index in [4.69, 9.17) is 0 Å². The summed E-state index contributed by atoms with van der Waals surface area (Å²) in [6.07, 6.45) is 7.24. The van der Waals surface area contributed by atoms with E-state index in [-0.39, 0.29) is 35.8 Å². The SMILES string of the molecule is O=C(c1cn(C2CCNCC2)nn1)N(Cc1c(F)cccc1F)C1CCCC1. The maximum absolute atomic E-state index is 14.2. The third-order valence-corrected chi connectivity index (χ3v) is 5.83. The third kappa shape index (κ3) is 3.92. The largest absolute Gasteiger partial charge is 0.330 e. The number of carbonyl (C=O) groups excluding carboxylic acids is 1. The van der Waals surface area contributed by atoms with E-state index in [0.29, 0.717) is 0 Å². The summed E-state index contributed by atoms with van der Waals surface area (Å²) in [5.74, 6) is -1.57. The monoisotopic (exact) mass is 389 g/mol. The molecule has 1 aromatic heterocycles. The summed E-state index contributed by atoms with van der Waals surface area (Å²) < 4.78 is 30.1. The van der Waals surface area contributed by atoms with Gasteiger partial charge in [0.1, 0.15) is 11.6 Å². The highest BCUT2D eigenvalue weighted by Gasteiger charge is 2.31. The van der Waals surface area contributed by atoms with E-state index in [1.807, 2.05) is 0 Å². The number of amides is 1. The number of rotatable bonds is 5. The van der Waals surface area contributed by atoms with Crippen molar-refractivity contribution in [3.8, 4) is 0 Å². The molecule has 0 spiro atoms. The number of piperidine rings is 1. The van der Waals surface area contributed by atoms with Crippen LogP contribution in [0.1, 0.15) is 60.6 Å². The molecule has 0 radical (unpaired) electrons. The van der Waals surface area contributed by atoms with E-state index in [1.54, 1.807) is 15.8 Å². The molecule has 1 N–H and O–H groups in total. The van der Waals surface area contributed by atoms with Crippen molar-refractivity contribution in [1.29, 1.82) is 0 Å². The second-order valence-corrected chi connectivity index (χ2v) is 7.64. The summed E-state index contributed by atoms with van der Waals surface area (Å²) in [7, 11) is 0. The predicted octanol–water partition coefficient (Wildman–Crippen LogP) is 3.07. The van der Waals surface area contributed by atoms with Crippen molar-refractivity contribution in [1.82, 2.24) is 25.2 Å². The topological polar surface area (TPSA) is 63.1 Å². The van der Waals surface area contributed by atoms with Crippen molar-refractivity contribution in [2.45, 2.75) is 57.2 Å². The van der Waals surface area contributed by atoms with Crippen molar-refractivity contribution < 1.29 is 13.6 Å². The fraction of sp³-hybridized carbons (Fsp3) is 0.550. The molecule has 1 aliphatic heterocycles. The normalized spacial score (nSPS) is 18.5. The van der Waals surface area contributed by atoms with Gasteiger partial charge >= 0.3 is 0 Å². The molecular weight excluding hydrogens is 364 g/mol. The zero-order valence-corrected chi connectivity index (χ0v) is 15.8. The van der Waals surface area contributed by atoms with Gasteiger partial charge in [-0.05, 0) is 50.9 Å². The quantitative estimate of drug-likeness (QED) is 0.854. The van der Waals surface area contributed by atoms with Crippen molar-refractivity contribution in [3.63, 3.8) is 0 Å². The maximum Gasteiger partial charge on any atom is 0.276 e. The summed E-state index contributed by atoms with van der Waals surface area (Å²) in [4.78, 5) is 14.8. The molecule has 1 aromatic carbocycles. The minimum atomic E-state index is -0.630. The Kier molecular flexibility index (Phi) is 5.66. The first kappa shape index (κ1) is 19.0. The number of hydrogen-bond acceptors (Lipinski definition) is 4. The van der Waals surface area contributed by atoms with Crippen LogP contribution in [-0.4, -0.2) is 44.9 Å². The number of hydrogen-bond donors (Lipinski definition) is 1. The highest BCUT2D eigenvalue weighted by molar-refractivity contribution is 5.92. The molecule has 1 saturated carbocycles. The Morgan fingerprint density at radius 2 is 1.82 bits per heavy atom. The Morgan fingerprint density at radius 1 is 1.14 bits per heavy atom. The lowest BCUT2D eigenvalue weighted by molar-refractivity contribution is 0.0654. The third-order valence-electron chi connectivity index (χ3n) is 5.83. The van der Waals surface area contributed by atoms with E-state index in [1.165, 1.54) is 18.2 Å². The number of nitrogens with zero attached hydrogens (tertiary/aromatic N) is 4. The molecule has 1 amide bonds. The average Bonchev–Trinajstić information content (AvgIpc) is 3.40. The second kappa shape index (κ2) is 8.34. The Labute approximate surface area is 162 Å². The number of aromatic nitrogens is 3. The molecular formula is C20H25F2N5O. The minimum absolute atomic E-state index is 0.0319. The van der Waals surface area contributed by atoms with Crippen molar-refractivity contribution >= 4 is 5.91 Å². The smallest absolute Gasteiger partial charge is 0.276 e. The van der Waals surface area contributed by atoms with Crippen LogP contribution < -0.4 is 5.32 Å². The fourth-order valence-corrected chi connectivity index (χ4v) is 4.21. The van der Waals surface area contributed by atoms with Crippen LogP contribution in [0, 0.1) is 11.6 Å². The van der Waals surface area contributed by atoms with Gasteiger partial charge in [-0.1, -0.05) is 24.1 Å². The lowest BCUT2D eigenvalue weighted by Crippen LogP contribution is -2.39. The molecule has 2 heterocycles. The zero-order chi connectivity index (χ0) is 19.5. The van der Waals surface area contributed by atoms with Gasteiger partial charge in [-0.25, -0.2) is 13.5 Å². The minimum Gasteiger partial charge on any atom is -0.330 e. The van der Waals surface area contributed by atoms with Crippen LogP contribution in [0.5, 0.6) is 0 Å². The van der Waals surface area contributed by atoms with Crippen molar-refractivity contribution in [3.05, 3.63) is 47.3 Å². The lowest BCUT2D eigenvalue weighted by atomic mass is 10.1. The molecule has 2 aromatic rings. The Bertz CT molecular complexity index is 808. The lowest BCUT2D eigenvalue weighted by Gasteiger charge is -2.28. The van der Waals surface area contributed by atoms with Gasteiger partial charge in [-0.3, -0.25) is 4.79 Å². The van der Waals surface area contributed by atoms with Gasteiger partial charge in [-0.2, -0.15) is 0 Å². The van der Waals surface area contributed by atoms with E-state index >= 15 is 0 Å². The van der Waals surface area contributed by atoms with Gasteiger partial charge in [0.2, 0.25) is 0 Å². The number of nitrogens with one attached hydrogen (secondary N) is 1. The number of halogens is 2. The molecule has 2 aliphatic rings. The van der Waals surface area contributed by atoms with Crippen LogP contribution in [0.15, 0.2) is 24.4 Å². The first-order valence-corrected chi connectivity index (χ1v) is 10.00. The fourth-order valence-electron chi connectivity index (χ4n) is 4.21. The number of carbonyl (C=O) groups is 1. The molecule has 150 valence electrons. The molecule has 8 heteroatoms. The van der Waals surface area contributed by atoms with Gasteiger partial charge in [0.25, 0.3) is 5.91 Å². The maximum atomic E-state index is 14.2. The Balaban J connectivity index is 1.58. The molecule has 6 nitrogen and oxygen atoms in total. The van der Waals surface area contributed by atoms with E-state index < -0.39 is 11.6 Å². The first-order chi connectivity index (χ1) is 13.6. The van der Waals surface area contributed by atoms with Gasteiger partial charge in [-0.15, -0.1) is 5.10 Å². The zero-order valence-electron chi connectivity index (χ0n) is 15.8. The van der Waals surface area contributed by atoms with E-state index in [2.05, 4.69) is 15.6 Å². The van der Waals surface area contributed by atoms with Gasteiger partial charge in [0.05, 0.1) is 18.8 Å². The Hall–Kier alpha value is -2.35. The summed E-state index contributed by atoms with van der Waals surface area (Å²) in [6.45, 7) is 1.73. The standard InChI is InChI=1S/C20H25F2N5O/c21-17-6-3-7-18(22)16(17)12-26(14-4-1-2-5-14)20(28)19-13-27(25-24-19)15-8-10-23-11-9-15/h3,6-7,13-15,23H,1-2,4-5,8-12H2. The molecule has 0 atom stereocenters. The van der Waals surface area contributed by atoms with Crippen LogP contribution in [0.4, 0.5) is 8.78 Å². The predicted molar refractivity (Wildman–Crippen MR) is 99.7 cm³/mol. The van der Waals surface area contributed by atoms with Crippen LogP contribution in [-0.2, 0) is 6.54 Å². The van der Waals surface area contributed by atoms with Crippen molar-refractivity contribution in [2.75, 3.05) is 13.1 Å². The summed E-state index contributed by atoms with van der Waals surface area (Å²) >= 11 is 0. The van der Waals surface area contributed by atoms with Crippen LogP contribution in [0.3, 0.4) is 0 Å². The van der Waals surface area contributed by atoms with Crippen LogP contribution in [0.25, 0.3) is 0 Å². The molecule has 0 unspecified atom stereocenters. The Morgan fingerprint density at radius 3 is 2.50 bits per heavy atom. The van der Waals surface area contributed by atoms with Gasteiger partial charge < -0.3 is 10.2 Å². The van der Waals surface area contributed by atoms with Crippen LogP contribution in [0.2, 0.25) is 0 Å². The molecule has 4 rings (SSSR count). The highest BCUT2D eigenvalue weighted by atomic mass is 19.1. The van der Waals surface area contributed by atoms with Gasteiger partial charge in [0.15, 0.2) is 5.69 Å². The molecule has 28 heavy (non-hydrogen) atoms. The van der Waals surface area contributed by atoms with E-state index in [0.717, 1.165) is 51.6 Å². The van der Waals surface area contributed by atoms with E-state index in [9.17, 15) is 13.6 Å². The van der Waals surface area contributed by atoms with Gasteiger partial charge in [0, 0.05) is 11.6 Å². The molecule has 0 bridgehead atoms. The van der Waals surface area contributed by atoms with Crippen molar-refractivity contribution in [2.24, 2.45) is 0 Å². The molecule has 2 fully saturated rings. The highest BCUT2D eigenvalue weighted by Crippen LogP contribution is 2.28. The molecule has 1 saturated heterocycles. The molecule has 1 aliphatic carbocycles. The number of benzene rings is 1. The summed E-state index contributed by atoms with van der Waals surface area (Å²) in [5, 5.41) is 11.5. The first-order valence-electron chi connectivity index (χ1n) is 10.00.